The molecule has 0 radical (unpaired) electrons. The van der Waals surface area contributed by atoms with E-state index in [-0.39, 0.29) is 5.82 Å². The molecule has 0 spiro atoms. The van der Waals surface area contributed by atoms with E-state index in [9.17, 15) is 14.3 Å². The van der Waals surface area contributed by atoms with Crippen LogP contribution in [0.3, 0.4) is 0 Å². The first-order chi connectivity index (χ1) is 9.91. The van der Waals surface area contributed by atoms with E-state index >= 15 is 0 Å². The van der Waals surface area contributed by atoms with Crippen molar-refractivity contribution in [3.63, 3.8) is 0 Å². The molecule has 0 heterocycles. The Kier molecular flexibility index (Phi) is 4.99. The van der Waals surface area contributed by atoms with Crippen molar-refractivity contribution in [2.24, 2.45) is 11.3 Å². The molecule has 4 heteroatoms. The van der Waals surface area contributed by atoms with Crippen LogP contribution in [0, 0.1) is 17.2 Å². The molecular weight excluding hydrogens is 269 g/mol. The molecule has 0 saturated heterocycles. The van der Waals surface area contributed by atoms with Crippen molar-refractivity contribution in [2.45, 2.75) is 39.2 Å². The summed E-state index contributed by atoms with van der Waals surface area (Å²) in [5.74, 6) is -0.460. The molecule has 0 aromatic heterocycles. The van der Waals surface area contributed by atoms with Crippen LogP contribution in [-0.2, 0) is 11.3 Å². The molecule has 2 atom stereocenters. The number of carboxylic acids is 1. The lowest BCUT2D eigenvalue weighted by Crippen LogP contribution is -2.44. The minimum atomic E-state index is -0.681. The number of hydrogen-bond acceptors (Lipinski definition) is 2. The zero-order chi connectivity index (χ0) is 15.5. The van der Waals surface area contributed by atoms with E-state index in [0.717, 1.165) is 31.2 Å². The fraction of sp³-hybridized carbons (Fsp3) is 0.588. The van der Waals surface area contributed by atoms with Gasteiger partial charge in [-0.05, 0) is 43.5 Å². The lowest BCUT2D eigenvalue weighted by Gasteiger charge is -2.39. The SMILES string of the molecule is CC1CCCC(CN(C)Cc2ccc(F)cc2)(C(=O)O)C1. The first-order valence-electron chi connectivity index (χ1n) is 7.58. The van der Waals surface area contributed by atoms with E-state index in [4.69, 9.17) is 0 Å². The van der Waals surface area contributed by atoms with Crippen molar-refractivity contribution in [1.82, 2.24) is 4.90 Å². The molecular formula is C17H24FNO2. The van der Waals surface area contributed by atoms with Crippen molar-refractivity contribution >= 4 is 5.97 Å². The summed E-state index contributed by atoms with van der Waals surface area (Å²) in [6.07, 6.45) is 3.60. The first-order valence-corrected chi connectivity index (χ1v) is 7.58. The van der Waals surface area contributed by atoms with Gasteiger partial charge in [0.1, 0.15) is 5.82 Å². The Hall–Kier alpha value is -1.42. The molecule has 1 fully saturated rings. The highest BCUT2D eigenvalue weighted by Crippen LogP contribution is 2.40. The van der Waals surface area contributed by atoms with Crippen LogP contribution in [0.5, 0.6) is 0 Å². The predicted molar refractivity (Wildman–Crippen MR) is 80.4 cm³/mol. The smallest absolute Gasteiger partial charge is 0.310 e. The van der Waals surface area contributed by atoms with E-state index in [1.54, 1.807) is 12.1 Å². The third-order valence-corrected chi connectivity index (χ3v) is 4.48. The molecule has 21 heavy (non-hydrogen) atoms. The van der Waals surface area contributed by atoms with Crippen LogP contribution in [-0.4, -0.2) is 29.6 Å². The van der Waals surface area contributed by atoms with Gasteiger partial charge < -0.3 is 10.0 Å². The number of carboxylic acid groups (broad SMARTS) is 1. The molecule has 1 aromatic carbocycles. The zero-order valence-electron chi connectivity index (χ0n) is 12.8. The van der Waals surface area contributed by atoms with Crippen LogP contribution in [0.2, 0.25) is 0 Å². The Bertz CT molecular complexity index is 488. The second-order valence-corrected chi connectivity index (χ2v) is 6.59. The molecule has 116 valence electrons. The lowest BCUT2D eigenvalue weighted by molar-refractivity contribution is -0.153. The third-order valence-electron chi connectivity index (χ3n) is 4.48. The summed E-state index contributed by atoms with van der Waals surface area (Å²) in [5.41, 5.74) is 0.371. The van der Waals surface area contributed by atoms with Crippen molar-refractivity contribution in [3.05, 3.63) is 35.6 Å². The van der Waals surface area contributed by atoms with Gasteiger partial charge in [-0.2, -0.15) is 0 Å². The molecule has 2 unspecified atom stereocenters. The van der Waals surface area contributed by atoms with Crippen LogP contribution < -0.4 is 0 Å². The zero-order valence-corrected chi connectivity index (χ0v) is 12.8. The average Bonchev–Trinajstić information content (AvgIpc) is 2.41. The summed E-state index contributed by atoms with van der Waals surface area (Å²) in [7, 11) is 1.94. The minimum absolute atomic E-state index is 0.246. The topological polar surface area (TPSA) is 40.5 Å². The molecule has 3 nitrogen and oxygen atoms in total. The second kappa shape index (κ2) is 6.56. The fourth-order valence-corrected chi connectivity index (χ4v) is 3.54. The summed E-state index contributed by atoms with van der Waals surface area (Å²) in [4.78, 5) is 13.8. The molecule has 1 saturated carbocycles. The summed E-state index contributed by atoms with van der Waals surface area (Å²) in [6.45, 7) is 3.32. The Morgan fingerprint density at radius 3 is 2.67 bits per heavy atom. The van der Waals surface area contributed by atoms with Gasteiger partial charge in [-0.15, -0.1) is 0 Å². The van der Waals surface area contributed by atoms with Gasteiger partial charge in [-0.25, -0.2) is 4.39 Å². The Morgan fingerprint density at radius 2 is 2.10 bits per heavy atom. The van der Waals surface area contributed by atoms with E-state index < -0.39 is 11.4 Å². The molecule has 1 aliphatic rings. The van der Waals surface area contributed by atoms with Crippen LogP contribution in [0.15, 0.2) is 24.3 Å². The van der Waals surface area contributed by atoms with Gasteiger partial charge in [0, 0.05) is 13.1 Å². The van der Waals surface area contributed by atoms with Crippen molar-refractivity contribution in [2.75, 3.05) is 13.6 Å². The van der Waals surface area contributed by atoms with E-state index in [2.05, 4.69) is 6.92 Å². The van der Waals surface area contributed by atoms with Gasteiger partial charge in [0.2, 0.25) is 0 Å². The van der Waals surface area contributed by atoms with Gasteiger partial charge in [0.15, 0.2) is 0 Å². The predicted octanol–water partition coefficient (Wildman–Crippen LogP) is 3.54. The van der Waals surface area contributed by atoms with Crippen molar-refractivity contribution in [3.8, 4) is 0 Å². The highest BCUT2D eigenvalue weighted by Gasteiger charge is 2.42. The Labute approximate surface area is 125 Å². The van der Waals surface area contributed by atoms with E-state index in [1.165, 1.54) is 12.1 Å². The van der Waals surface area contributed by atoms with Crippen molar-refractivity contribution < 1.29 is 14.3 Å². The van der Waals surface area contributed by atoms with Crippen LogP contribution in [0.4, 0.5) is 4.39 Å². The van der Waals surface area contributed by atoms with Gasteiger partial charge in [-0.1, -0.05) is 31.9 Å². The molecule has 1 aliphatic carbocycles. The normalized spacial score (nSPS) is 26.0. The number of hydrogen-bond donors (Lipinski definition) is 1. The molecule has 1 N–H and O–H groups in total. The highest BCUT2D eigenvalue weighted by atomic mass is 19.1. The summed E-state index contributed by atoms with van der Waals surface area (Å²) in [6, 6.07) is 6.39. The quantitative estimate of drug-likeness (QED) is 0.902. The van der Waals surface area contributed by atoms with Gasteiger partial charge in [0.25, 0.3) is 0 Å². The maximum atomic E-state index is 12.9. The lowest BCUT2D eigenvalue weighted by atomic mass is 9.69. The number of halogens is 1. The maximum absolute atomic E-state index is 12.9. The number of aliphatic carboxylic acids is 1. The van der Waals surface area contributed by atoms with Crippen LogP contribution in [0.1, 0.15) is 38.2 Å². The molecule has 0 aliphatic heterocycles. The van der Waals surface area contributed by atoms with Gasteiger partial charge in [-0.3, -0.25) is 4.79 Å². The Balaban J connectivity index is 2.03. The number of rotatable bonds is 5. The Morgan fingerprint density at radius 1 is 1.43 bits per heavy atom. The summed E-state index contributed by atoms with van der Waals surface area (Å²) in [5, 5.41) is 9.68. The molecule has 0 amide bonds. The molecule has 1 aromatic rings. The van der Waals surface area contributed by atoms with Gasteiger partial charge in [0.05, 0.1) is 5.41 Å². The fourth-order valence-electron chi connectivity index (χ4n) is 3.54. The summed E-state index contributed by atoms with van der Waals surface area (Å²) >= 11 is 0. The first kappa shape index (κ1) is 16.0. The standard InChI is InChI=1S/C17H24FNO2/c1-13-4-3-9-17(10-13,16(20)21)12-19(2)11-14-5-7-15(18)8-6-14/h5-8,13H,3-4,9-12H2,1-2H3,(H,20,21). The average molecular weight is 293 g/mol. The third kappa shape index (κ3) is 4.03. The summed E-state index contributed by atoms with van der Waals surface area (Å²) < 4.78 is 12.9. The molecule has 2 rings (SSSR count). The number of carbonyl (C=O) groups is 1. The van der Waals surface area contributed by atoms with Gasteiger partial charge >= 0.3 is 5.97 Å². The maximum Gasteiger partial charge on any atom is 0.310 e. The monoisotopic (exact) mass is 293 g/mol. The van der Waals surface area contributed by atoms with E-state index in [1.807, 2.05) is 11.9 Å². The number of nitrogens with zero attached hydrogens (tertiary/aromatic N) is 1. The second-order valence-electron chi connectivity index (χ2n) is 6.59. The number of benzene rings is 1. The van der Waals surface area contributed by atoms with Crippen LogP contribution >= 0.6 is 0 Å². The highest BCUT2D eigenvalue weighted by molar-refractivity contribution is 5.75. The minimum Gasteiger partial charge on any atom is -0.481 e. The van der Waals surface area contributed by atoms with Crippen molar-refractivity contribution in [1.29, 1.82) is 0 Å². The molecule has 0 bridgehead atoms. The largest absolute Gasteiger partial charge is 0.481 e. The van der Waals surface area contributed by atoms with E-state index in [0.29, 0.717) is 19.0 Å². The van der Waals surface area contributed by atoms with Crippen LogP contribution in [0.25, 0.3) is 0 Å².